The van der Waals surface area contributed by atoms with Crippen molar-refractivity contribution in [3.63, 3.8) is 0 Å². The Labute approximate surface area is 115 Å². The molecule has 0 aromatic heterocycles. The molecule has 0 spiro atoms. The number of aliphatic hydroxyl groups is 1. The first-order valence-corrected chi connectivity index (χ1v) is 6.70. The summed E-state index contributed by atoms with van der Waals surface area (Å²) >= 11 is 0. The molecule has 1 aromatic carbocycles. The molecular weight excluding hydrogens is 240 g/mol. The van der Waals surface area contributed by atoms with E-state index in [-0.39, 0.29) is 18.6 Å². The third-order valence-electron chi connectivity index (χ3n) is 3.07. The van der Waals surface area contributed by atoms with Gasteiger partial charge in [-0.3, -0.25) is 4.79 Å². The first-order valence-electron chi connectivity index (χ1n) is 6.70. The van der Waals surface area contributed by atoms with Crippen LogP contribution in [0, 0.1) is 0 Å². The highest BCUT2D eigenvalue weighted by Gasteiger charge is 2.27. The summed E-state index contributed by atoms with van der Waals surface area (Å²) in [6.45, 7) is 6.29. The maximum Gasteiger partial charge on any atom is 0.240 e. The molecule has 0 bridgehead atoms. The maximum atomic E-state index is 12.1. The predicted molar refractivity (Wildman–Crippen MR) is 76.9 cm³/mol. The minimum absolute atomic E-state index is 0.0666. The fourth-order valence-electron chi connectivity index (χ4n) is 1.95. The number of hydrogen-bond donors (Lipinski definition) is 3. The molecule has 1 aromatic rings. The number of carbonyl (C=O) groups is 1. The lowest BCUT2D eigenvalue weighted by Gasteiger charge is -2.27. The predicted octanol–water partition coefficient (Wildman–Crippen LogP) is 1.09. The van der Waals surface area contributed by atoms with Crippen molar-refractivity contribution in [2.24, 2.45) is 0 Å². The van der Waals surface area contributed by atoms with E-state index in [0.29, 0.717) is 6.42 Å². The van der Waals surface area contributed by atoms with E-state index in [1.807, 2.05) is 51.1 Å². The minimum atomic E-state index is -0.626. The first-order chi connectivity index (χ1) is 8.99. The average molecular weight is 264 g/mol. The topological polar surface area (TPSA) is 61.4 Å². The van der Waals surface area contributed by atoms with Crippen LogP contribution < -0.4 is 10.6 Å². The normalized spacial score (nSPS) is 13.1. The van der Waals surface area contributed by atoms with Crippen LogP contribution in [-0.4, -0.2) is 35.7 Å². The van der Waals surface area contributed by atoms with Gasteiger partial charge in [-0.1, -0.05) is 37.3 Å². The van der Waals surface area contributed by atoms with Crippen molar-refractivity contribution in [3.05, 3.63) is 35.9 Å². The van der Waals surface area contributed by atoms with Gasteiger partial charge in [0.2, 0.25) is 5.91 Å². The molecule has 0 saturated heterocycles. The van der Waals surface area contributed by atoms with Gasteiger partial charge in [0.1, 0.15) is 0 Å². The van der Waals surface area contributed by atoms with E-state index in [2.05, 4.69) is 10.6 Å². The molecular formula is C15H24N2O2. The molecule has 1 amide bonds. The molecule has 0 saturated carbocycles. The molecule has 1 atom stereocenters. The number of carbonyl (C=O) groups excluding carboxylic acids is 1. The summed E-state index contributed by atoms with van der Waals surface area (Å²) in [5.74, 6) is -0.0932. The molecule has 0 aliphatic carbocycles. The fourth-order valence-corrected chi connectivity index (χ4v) is 1.95. The van der Waals surface area contributed by atoms with Crippen molar-refractivity contribution < 1.29 is 9.90 Å². The molecule has 3 N–H and O–H groups in total. The fraction of sp³-hybridized carbons (Fsp3) is 0.533. The monoisotopic (exact) mass is 264 g/mol. The number of likely N-dealkylation sites (N-methyl/N-ethyl adjacent to an activating group) is 1. The van der Waals surface area contributed by atoms with E-state index in [1.54, 1.807) is 0 Å². The lowest BCUT2D eigenvalue weighted by atomic mass is 10.0. The van der Waals surface area contributed by atoms with Gasteiger partial charge in [-0.05, 0) is 32.4 Å². The van der Waals surface area contributed by atoms with Gasteiger partial charge in [-0.25, -0.2) is 0 Å². The number of aliphatic hydroxyl groups excluding tert-OH is 1. The number of amides is 1. The Balaban J connectivity index is 2.60. The first kappa shape index (κ1) is 15.7. The lowest BCUT2D eigenvalue weighted by Crippen LogP contribution is -2.55. The van der Waals surface area contributed by atoms with Crippen LogP contribution in [0.1, 0.15) is 26.3 Å². The Morgan fingerprint density at radius 1 is 1.32 bits per heavy atom. The molecule has 1 rings (SSSR count). The Morgan fingerprint density at radius 2 is 1.95 bits per heavy atom. The quantitative estimate of drug-likeness (QED) is 0.691. The highest BCUT2D eigenvalue weighted by molar-refractivity contribution is 5.85. The average Bonchev–Trinajstić information content (AvgIpc) is 2.39. The molecule has 0 heterocycles. The molecule has 0 aliphatic heterocycles. The smallest absolute Gasteiger partial charge is 0.240 e. The summed E-state index contributed by atoms with van der Waals surface area (Å²) < 4.78 is 0. The molecule has 0 radical (unpaired) electrons. The van der Waals surface area contributed by atoms with Crippen molar-refractivity contribution in [2.75, 3.05) is 13.2 Å². The summed E-state index contributed by atoms with van der Waals surface area (Å²) in [5.41, 5.74) is 0.474. The standard InChI is InChI=1S/C15H24N2O2/c1-4-16-15(2,3)14(19)17-13(11-18)10-12-8-6-5-7-9-12/h5-9,13,16,18H,4,10-11H2,1-3H3,(H,17,19)/t13-/m0/s1. The molecule has 4 nitrogen and oxygen atoms in total. The lowest BCUT2D eigenvalue weighted by molar-refractivity contribution is -0.127. The largest absolute Gasteiger partial charge is 0.394 e. The highest BCUT2D eigenvalue weighted by Crippen LogP contribution is 2.06. The van der Waals surface area contributed by atoms with Crippen LogP contribution in [0.25, 0.3) is 0 Å². The molecule has 0 unspecified atom stereocenters. The molecule has 4 heteroatoms. The van der Waals surface area contributed by atoms with Gasteiger partial charge >= 0.3 is 0 Å². The van der Waals surface area contributed by atoms with E-state index < -0.39 is 5.54 Å². The van der Waals surface area contributed by atoms with Crippen molar-refractivity contribution in [1.29, 1.82) is 0 Å². The zero-order chi connectivity index (χ0) is 14.3. The molecule has 106 valence electrons. The summed E-state index contributed by atoms with van der Waals surface area (Å²) in [6, 6.07) is 9.58. The number of hydrogen-bond acceptors (Lipinski definition) is 3. The van der Waals surface area contributed by atoms with Gasteiger partial charge in [0.15, 0.2) is 0 Å². The van der Waals surface area contributed by atoms with Crippen LogP contribution in [0.15, 0.2) is 30.3 Å². The summed E-state index contributed by atoms with van der Waals surface area (Å²) in [5, 5.41) is 15.4. The van der Waals surface area contributed by atoms with Crippen molar-refractivity contribution in [3.8, 4) is 0 Å². The number of rotatable bonds is 7. The summed E-state index contributed by atoms with van der Waals surface area (Å²) in [6.07, 6.45) is 0.630. The SMILES string of the molecule is CCNC(C)(C)C(=O)N[C@H](CO)Cc1ccccc1. The van der Waals surface area contributed by atoms with Crippen molar-refractivity contribution in [1.82, 2.24) is 10.6 Å². The van der Waals surface area contributed by atoms with Crippen LogP contribution in [-0.2, 0) is 11.2 Å². The zero-order valence-electron chi connectivity index (χ0n) is 11.9. The Kier molecular flexibility index (Phi) is 5.99. The van der Waals surface area contributed by atoms with Gasteiger partial charge in [-0.2, -0.15) is 0 Å². The molecule has 19 heavy (non-hydrogen) atoms. The van der Waals surface area contributed by atoms with Crippen LogP contribution in [0.4, 0.5) is 0 Å². The van der Waals surface area contributed by atoms with Crippen LogP contribution >= 0.6 is 0 Å². The maximum absolute atomic E-state index is 12.1. The van der Waals surface area contributed by atoms with Crippen LogP contribution in [0.2, 0.25) is 0 Å². The van der Waals surface area contributed by atoms with Gasteiger partial charge < -0.3 is 15.7 Å². The second kappa shape index (κ2) is 7.26. The second-order valence-electron chi connectivity index (χ2n) is 5.20. The summed E-state index contributed by atoms with van der Waals surface area (Å²) in [4.78, 5) is 12.1. The summed E-state index contributed by atoms with van der Waals surface area (Å²) in [7, 11) is 0. The van der Waals surface area contributed by atoms with Gasteiger partial charge in [0.25, 0.3) is 0 Å². The van der Waals surface area contributed by atoms with Gasteiger partial charge in [0, 0.05) is 0 Å². The van der Waals surface area contributed by atoms with E-state index in [9.17, 15) is 9.90 Å². The number of benzene rings is 1. The van der Waals surface area contributed by atoms with E-state index >= 15 is 0 Å². The van der Waals surface area contributed by atoms with Gasteiger partial charge in [0.05, 0.1) is 18.2 Å². The van der Waals surface area contributed by atoms with Crippen LogP contribution in [0.5, 0.6) is 0 Å². The minimum Gasteiger partial charge on any atom is -0.394 e. The van der Waals surface area contributed by atoms with Crippen molar-refractivity contribution >= 4 is 5.91 Å². The van der Waals surface area contributed by atoms with Crippen LogP contribution in [0.3, 0.4) is 0 Å². The van der Waals surface area contributed by atoms with E-state index in [4.69, 9.17) is 0 Å². The third-order valence-corrected chi connectivity index (χ3v) is 3.07. The molecule has 0 fully saturated rings. The Bertz CT molecular complexity index is 390. The Morgan fingerprint density at radius 3 is 2.47 bits per heavy atom. The van der Waals surface area contributed by atoms with Gasteiger partial charge in [-0.15, -0.1) is 0 Å². The highest BCUT2D eigenvalue weighted by atomic mass is 16.3. The van der Waals surface area contributed by atoms with Crippen molar-refractivity contribution in [2.45, 2.75) is 38.8 Å². The van der Waals surface area contributed by atoms with E-state index in [1.165, 1.54) is 0 Å². The van der Waals surface area contributed by atoms with E-state index in [0.717, 1.165) is 12.1 Å². The number of nitrogens with one attached hydrogen (secondary N) is 2. The second-order valence-corrected chi connectivity index (χ2v) is 5.20. The Hall–Kier alpha value is -1.39. The molecule has 0 aliphatic rings. The third kappa shape index (κ3) is 5.01. The zero-order valence-corrected chi connectivity index (χ0v) is 11.9.